The van der Waals surface area contributed by atoms with E-state index < -0.39 is 0 Å². The molecule has 0 saturated carbocycles. The van der Waals surface area contributed by atoms with Crippen molar-refractivity contribution in [1.29, 1.82) is 0 Å². The number of rotatable bonds is 12. The van der Waals surface area contributed by atoms with Crippen LogP contribution in [0.5, 0.6) is 0 Å². The van der Waals surface area contributed by atoms with Gasteiger partial charge in [0.25, 0.3) is 0 Å². The number of hydrogen-bond acceptors (Lipinski definition) is 10. The first kappa shape index (κ1) is 38.0. The van der Waals surface area contributed by atoms with E-state index in [0.29, 0.717) is 48.0 Å². The van der Waals surface area contributed by atoms with Crippen molar-refractivity contribution in [2.45, 2.75) is 76.5 Å². The van der Waals surface area contributed by atoms with Crippen LogP contribution < -0.4 is 10.6 Å². The highest BCUT2D eigenvalue weighted by molar-refractivity contribution is 6.29. The third-order valence-corrected chi connectivity index (χ3v) is 10.3. The third kappa shape index (κ3) is 10.9. The van der Waals surface area contributed by atoms with Gasteiger partial charge in [-0.25, -0.2) is 0 Å². The molecule has 4 aromatic heterocycles. The van der Waals surface area contributed by atoms with Crippen molar-refractivity contribution in [1.82, 2.24) is 60.1 Å². The van der Waals surface area contributed by atoms with Crippen LogP contribution in [0.15, 0.2) is 91.1 Å². The van der Waals surface area contributed by atoms with Gasteiger partial charge in [-0.1, -0.05) is 72.3 Å². The van der Waals surface area contributed by atoms with Gasteiger partial charge in [-0.05, 0) is 61.1 Å². The molecule has 55 heavy (non-hydrogen) atoms. The summed E-state index contributed by atoms with van der Waals surface area (Å²) in [6, 6.07) is 28.6. The second-order valence-electron chi connectivity index (χ2n) is 14.2. The first-order chi connectivity index (χ1) is 26.9. The summed E-state index contributed by atoms with van der Waals surface area (Å²) in [5.74, 6) is 1.48. The summed E-state index contributed by atoms with van der Waals surface area (Å²) in [6.45, 7) is 5.97. The summed E-state index contributed by atoms with van der Waals surface area (Å²) < 4.78 is 3.28. The van der Waals surface area contributed by atoms with Crippen LogP contribution in [0.1, 0.15) is 61.3 Å². The maximum absolute atomic E-state index is 12.4. The molecular formula is C40H47ClN12O2. The lowest BCUT2D eigenvalue weighted by atomic mass is 10.0. The second kappa shape index (κ2) is 18.8. The standard InChI is InChI=1S/C20H23ClN6O.C20H24N6O/c21-17-6-7-18-23-24-19(27(18)25-17)8-9-20(28)22-16-10-12-26(13-11-16)14-15-4-2-1-3-5-15;27-20(9-8-19-24-23-18-7-4-12-21-26(18)19)22-17-10-13-25(14-11-17)15-16-5-2-1-3-6-16/h1-7,16H,8-14H2,(H,22,28);1-7,12,17H,8-11,13-15H2,(H,22,27). The Morgan fingerprint density at radius 3 is 1.62 bits per heavy atom. The molecule has 0 bridgehead atoms. The zero-order chi connectivity index (χ0) is 37.8. The molecule has 2 aliphatic rings. The van der Waals surface area contributed by atoms with Crippen molar-refractivity contribution < 1.29 is 9.59 Å². The Morgan fingerprint density at radius 2 is 1.09 bits per heavy atom. The van der Waals surface area contributed by atoms with Gasteiger partial charge in [-0.3, -0.25) is 19.4 Å². The average molecular weight is 763 g/mol. The van der Waals surface area contributed by atoms with Crippen molar-refractivity contribution in [2.75, 3.05) is 26.2 Å². The molecule has 2 amide bonds. The third-order valence-electron chi connectivity index (χ3n) is 10.1. The summed E-state index contributed by atoms with van der Waals surface area (Å²) in [5, 5.41) is 31.5. The lowest BCUT2D eigenvalue weighted by molar-refractivity contribution is -0.123. The maximum Gasteiger partial charge on any atom is 0.220 e. The Labute approximate surface area is 325 Å². The van der Waals surface area contributed by atoms with Gasteiger partial charge in [0.2, 0.25) is 11.8 Å². The number of benzene rings is 2. The van der Waals surface area contributed by atoms with Crippen molar-refractivity contribution in [2.24, 2.45) is 0 Å². The number of nitrogens with one attached hydrogen (secondary N) is 2. The van der Waals surface area contributed by atoms with Crippen LogP contribution in [0.3, 0.4) is 0 Å². The normalized spacial score (nSPS) is 15.8. The van der Waals surface area contributed by atoms with E-state index in [1.807, 2.05) is 24.3 Å². The minimum Gasteiger partial charge on any atom is -0.353 e. The van der Waals surface area contributed by atoms with Gasteiger partial charge in [0.1, 0.15) is 5.15 Å². The Morgan fingerprint density at radius 1 is 0.600 bits per heavy atom. The fourth-order valence-electron chi connectivity index (χ4n) is 7.12. The van der Waals surface area contributed by atoms with E-state index in [2.05, 4.69) is 99.6 Å². The molecule has 15 heteroatoms. The van der Waals surface area contributed by atoms with E-state index in [1.54, 1.807) is 27.4 Å². The zero-order valence-electron chi connectivity index (χ0n) is 30.9. The molecular weight excluding hydrogens is 716 g/mol. The Kier molecular flexibility index (Phi) is 13.0. The molecule has 0 unspecified atom stereocenters. The fraction of sp³-hybridized carbons (Fsp3) is 0.400. The summed E-state index contributed by atoms with van der Waals surface area (Å²) in [5.41, 5.74) is 4.01. The molecule has 6 heterocycles. The molecule has 2 aromatic carbocycles. The molecule has 8 rings (SSSR count). The molecule has 0 atom stereocenters. The number of halogens is 1. The highest BCUT2D eigenvalue weighted by Gasteiger charge is 2.22. The Balaban J connectivity index is 0.000000169. The van der Waals surface area contributed by atoms with Gasteiger partial charge in [0.05, 0.1) is 0 Å². The van der Waals surface area contributed by atoms with Crippen LogP contribution in [0.2, 0.25) is 5.15 Å². The largest absolute Gasteiger partial charge is 0.353 e. The molecule has 0 spiro atoms. The number of fused-ring (bicyclic) bond motifs is 2. The minimum atomic E-state index is 0.0419. The summed E-state index contributed by atoms with van der Waals surface area (Å²) in [7, 11) is 0. The molecule has 0 radical (unpaired) electrons. The molecule has 14 nitrogen and oxygen atoms in total. The number of likely N-dealkylation sites (tertiary alicyclic amines) is 2. The van der Waals surface area contributed by atoms with Crippen molar-refractivity contribution >= 4 is 34.7 Å². The molecule has 2 saturated heterocycles. The number of amides is 2. The SMILES string of the molecule is O=C(CCc1nnc2ccc(Cl)nn12)NC1CCN(Cc2ccccc2)CC1.O=C(CCc1nnc2cccnn12)NC1CCN(Cc2ccccc2)CC1. The summed E-state index contributed by atoms with van der Waals surface area (Å²) in [6.07, 6.45) is 7.42. The predicted octanol–water partition coefficient (Wildman–Crippen LogP) is 4.33. The van der Waals surface area contributed by atoms with E-state index in [-0.39, 0.29) is 23.9 Å². The van der Waals surface area contributed by atoms with E-state index in [0.717, 1.165) is 70.8 Å². The first-order valence-electron chi connectivity index (χ1n) is 19.1. The Bertz CT molecular complexity index is 2130. The number of carbonyl (C=O) groups excluding carboxylic acids is 2. The molecule has 286 valence electrons. The number of nitrogens with zero attached hydrogens (tertiary/aromatic N) is 10. The smallest absolute Gasteiger partial charge is 0.220 e. The van der Waals surface area contributed by atoms with Gasteiger partial charge in [-0.15, -0.1) is 20.4 Å². The molecule has 2 fully saturated rings. The number of aromatic nitrogens is 8. The quantitative estimate of drug-likeness (QED) is 0.185. The van der Waals surface area contributed by atoms with E-state index in [9.17, 15) is 9.59 Å². The van der Waals surface area contributed by atoms with Gasteiger partial charge in [0.15, 0.2) is 22.9 Å². The van der Waals surface area contributed by atoms with E-state index in [1.165, 1.54) is 11.1 Å². The van der Waals surface area contributed by atoms with Gasteiger partial charge >= 0.3 is 0 Å². The van der Waals surface area contributed by atoms with Crippen LogP contribution in [0, 0.1) is 0 Å². The van der Waals surface area contributed by atoms with Crippen LogP contribution in [-0.2, 0) is 35.5 Å². The lowest BCUT2D eigenvalue weighted by Crippen LogP contribution is -2.44. The predicted molar refractivity (Wildman–Crippen MR) is 209 cm³/mol. The summed E-state index contributed by atoms with van der Waals surface area (Å²) in [4.78, 5) is 29.6. The van der Waals surface area contributed by atoms with Gasteiger partial charge in [-0.2, -0.15) is 19.2 Å². The maximum atomic E-state index is 12.4. The van der Waals surface area contributed by atoms with Crippen LogP contribution >= 0.6 is 11.6 Å². The monoisotopic (exact) mass is 762 g/mol. The summed E-state index contributed by atoms with van der Waals surface area (Å²) >= 11 is 5.93. The number of hydrogen-bond donors (Lipinski definition) is 2. The molecule has 2 N–H and O–H groups in total. The highest BCUT2D eigenvalue weighted by Crippen LogP contribution is 2.16. The molecule has 0 aliphatic carbocycles. The van der Waals surface area contributed by atoms with Crippen LogP contribution in [-0.4, -0.2) is 99.5 Å². The topological polar surface area (TPSA) is 151 Å². The number of carbonyl (C=O) groups is 2. The zero-order valence-corrected chi connectivity index (χ0v) is 31.6. The number of piperidine rings is 2. The van der Waals surface area contributed by atoms with Crippen LogP contribution in [0.25, 0.3) is 11.3 Å². The van der Waals surface area contributed by atoms with Crippen LogP contribution in [0.4, 0.5) is 0 Å². The van der Waals surface area contributed by atoms with Gasteiger partial charge < -0.3 is 10.6 Å². The van der Waals surface area contributed by atoms with Crippen molar-refractivity contribution in [3.8, 4) is 0 Å². The second-order valence-corrected chi connectivity index (χ2v) is 14.5. The fourth-order valence-corrected chi connectivity index (χ4v) is 7.26. The Hall–Kier alpha value is -5.31. The first-order valence-corrected chi connectivity index (χ1v) is 19.5. The van der Waals surface area contributed by atoms with E-state index >= 15 is 0 Å². The van der Waals surface area contributed by atoms with E-state index in [4.69, 9.17) is 11.6 Å². The number of aryl methyl sites for hydroxylation is 2. The average Bonchev–Trinajstić information content (AvgIpc) is 3.82. The minimum absolute atomic E-state index is 0.0419. The highest BCUT2D eigenvalue weighted by atomic mass is 35.5. The molecule has 6 aromatic rings. The lowest BCUT2D eigenvalue weighted by Gasteiger charge is -2.32. The van der Waals surface area contributed by atoms with Crippen molar-refractivity contribution in [3.63, 3.8) is 0 Å². The van der Waals surface area contributed by atoms with Gasteiger partial charge in [0, 0.05) is 83.2 Å². The van der Waals surface area contributed by atoms with Crippen molar-refractivity contribution in [3.05, 3.63) is 119 Å². The molecule has 2 aliphatic heterocycles.